The Balaban J connectivity index is 2.01. The summed E-state index contributed by atoms with van der Waals surface area (Å²) in [5.41, 5.74) is 1.53. The zero-order valence-corrected chi connectivity index (χ0v) is 17.3. The molecule has 0 radical (unpaired) electrons. The van der Waals surface area contributed by atoms with Gasteiger partial charge in [-0.1, -0.05) is 57.1 Å². The molecular formula is C19H14BrClN2O3S. The predicted molar refractivity (Wildman–Crippen MR) is 111 cm³/mol. The lowest BCUT2D eigenvalue weighted by Gasteiger charge is -2.03. The molecule has 2 aromatic carbocycles. The van der Waals surface area contributed by atoms with E-state index in [1.54, 1.807) is 22.8 Å². The SMILES string of the molecule is COC(=O)Cn1c(=NC(=O)C=Cc2ccccc2Cl)sc2cc(Br)ccc21. The van der Waals surface area contributed by atoms with Crippen molar-refractivity contribution in [3.63, 3.8) is 0 Å². The predicted octanol–water partition coefficient (Wildman–Crippen LogP) is 4.43. The van der Waals surface area contributed by atoms with Crippen LogP contribution in [0, 0.1) is 0 Å². The highest BCUT2D eigenvalue weighted by atomic mass is 79.9. The van der Waals surface area contributed by atoms with Crippen LogP contribution in [0.25, 0.3) is 16.3 Å². The quantitative estimate of drug-likeness (QED) is 0.423. The third kappa shape index (κ3) is 4.74. The second-order valence-corrected chi connectivity index (χ2v) is 7.80. The maximum atomic E-state index is 12.3. The minimum Gasteiger partial charge on any atom is -0.468 e. The molecule has 5 nitrogen and oxygen atoms in total. The van der Waals surface area contributed by atoms with Crippen LogP contribution in [0.2, 0.25) is 5.02 Å². The molecule has 0 saturated carbocycles. The third-order valence-electron chi connectivity index (χ3n) is 3.68. The van der Waals surface area contributed by atoms with Crippen molar-refractivity contribution in [3.05, 3.63) is 68.4 Å². The van der Waals surface area contributed by atoms with E-state index in [2.05, 4.69) is 20.9 Å². The first-order valence-electron chi connectivity index (χ1n) is 7.85. The first-order valence-corrected chi connectivity index (χ1v) is 9.83. The molecule has 0 bridgehead atoms. The van der Waals surface area contributed by atoms with E-state index >= 15 is 0 Å². The molecule has 3 rings (SSSR count). The lowest BCUT2D eigenvalue weighted by atomic mass is 10.2. The van der Waals surface area contributed by atoms with Gasteiger partial charge in [0.25, 0.3) is 5.91 Å². The number of benzene rings is 2. The molecule has 0 atom stereocenters. The van der Waals surface area contributed by atoms with Crippen LogP contribution in [0.3, 0.4) is 0 Å². The van der Waals surface area contributed by atoms with Crippen LogP contribution in [-0.4, -0.2) is 23.6 Å². The van der Waals surface area contributed by atoms with E-state index < -0.39 is 11.9 Å². The van der Waals surface area contributed by atoms with Crippen molar-refractivity contribution in [3.8, 4) is 0 Å². The Morgan fingerprint density at radius 2 is 2.07 bits per heavy atom. The van der Waals surface area contributed by atoms with Crippen LogP contribution in [0.1, 0.15) is 5.56 Å². The largest absolute Gasteiger partial charge is 0.468 e. The number of carbonyl (C=O) groups excluding carboxylic acids is 2. The molecule has 0 unspecified atom stereocenters. The zero-order chi connectivity index (χ0) is 19.4. The highest BCUT2D eigenvalue weighted by molar-refractivity contribution is 9.10. The summed E-state index contributed by atoms with van der Waals surface area (Å²) < 4.78 is 8.22. The van der Waals surface area contributed by atoms with Crippen molar-refractivity contribution in [2.24, 2.45) is 4.99 Å². The number of nitrogens with zero attached hydrogens (tertiary/aromatic N) is 2. The number of esters is 1. The van der Waals surface area contributed by atoms with Gasteiger partial charge < -0.3 is 9.30 Å². The number of methoxy groups -OCH3 is 1. The molecule has 0 spiro atoms. The minimum atomic E-state index is -0.445. The molecule has 0 fully saturated rings. The Labute approximate surface area is 172 Å². The number of ether oxygens (including phenoxy) is 1. The number of rotatable bonds is 4. The van der Waals surface area contributed by atoms with Gasteiger partial charge in [0.05, 0.1) is 17.3 Å². The smallest absolute Gasteiger partial charge is 0.325 e. The van der Waals surface area contributed by atoms with E-state index in [1.165, 1.54) is 24.5 Å². The molecule has 0 aliphatic rings. The van der Waals surface area contributed by atoms with E-state index in [9.17, 15) is 9.59 Å². The molecule has 0 saturated heterocycles. The summed E-state index contributed by atoms with van der Waals surface area (Å²) >= 11 is 10.8. The van der Waals surface area contributed by atoms with Gasteiger partial charge in [-0.25, -0.2) is 0 Å². The molecule has 0 N–H and O–H groups in total. The Bertz CT molecular complexity index is 1120. The van der Waals surface area contributed by atoms with Gasteiger partial charge in [-0.05, 0) is 35.9 Å². The van der Waals surface area contributed by atoms with Crippen molar-refractivity contribution in [1.29, 1.82) is 0 Å². The van der Waals surface area contributed by atoms with E-state index in [0.29, 0.717) is 9.82 Å². The first-order chi connectivity index (χ1) is 13.0. The molecule has 1 aromatic heterocycles. The molecule has 1 amide bonds. The summed E-state index contributed by atoms with van der Waals surface area (Å²) in [6.45, 7) is -0.0293. The van der Waals surface area contributed by atoms with Crippen molar-refractivity contribution in [2.45, 2.75) is 6.54 Å². The lowest BCUT2D eigenvalue weighted by molar-refractivity contribution is -0.141. The fraction of sp³-hybridized carbons (Fsp3) is 0.105. The van der Waals surface area contributed by atoms with Crippen LogP contribution < -0.4 is 4.80 Å². The van der Waals surface area contributed by atoms with Gasteiger partial charge in [0, 0.05) is 15.6 Å². The number of halogens is 2. The second kappa shape index (κ2) is 8.65. The normalized spacial score (nSPS) is 12.0. The van der Waals surface area contributed by atoms with Crippen LogP contribution in [-0.2, 0) is 20.9 Å². The number of thiazole rings is 1. The Morgan fingerprint density at radius 3 is 2.81 bits per heavy atom. The summed E-state index contributed by atoms with van der Waals surface area (Å²) in [5, 5.41) is 0.550. The summed E-state index contributed by atoms with van der Waals surface area (Å²) in [5.74, 6) is -0.864. The molecule has 1 heterocycles. The Hall–Kier alpha value is -2.22. The highest BCUT2D eigenvalue weighted by Gasteiger charge is 2.11. The number of fused-ring (bicyclic) bond motifs is 1. The number of hydrogen-bond donors (Lipinski definition) is 0. The van der Waals surface area contributed by atoms with Gasteiger partial charge >= 0.3 is 5.97 Å². The van der Waals surface area contributed by atoms with Crippen LogP contribution in [0.4, 0.5) is 0 Å². The van der Waals surface area contributed by atoms with Crippen LogP contribution >= 0.6 is 38.9 Å². The van der Waals surface area contributed by atoms with Gasteiger partial charge in [-0.3, -0.25) is 9.59 Å². The van der Waals surface area contributed by atoms with Gasteiger partial charge in [0.2, 0.25) is 0 Å². The third-order valence-corrected chi connectivity index (χ3v) is 5.55. The van der Waals surface area contributed by atoms with Crippen LogP contribution in [0.15, 0.2) is 58.0 Å². The van der Waals surface area contributed by atoms with Crippen molar-refractivity contribution >= 4 is 67.0 Å². The molecule has 3 aromatic rings. The summed E-state index contributed by atoms with van der Waals surface area (Å²) in [7, 11) is 1.32. The summed E-state index contributed by atoms with van der Waals surface area (Å²) in [6.07, 6.45) is 2.97. The zero-order valence-electron chi connectivity index (χ0n) is 14.2. The molecule has 0 aliphatic heterocycles. The Morgan fingerprint density at radius 1 is 1.30 bits per heavy atom. The summed E-state index contributed by atoms with van der Waals surface area (Å²) in [4.78, 5) is 28.7. The van der Waals surface area contributed by atoms with Crippen molar-refractivity contribution < 1.29 is 14.3 Å². The van der Waals surface area contributed by atoms with Gasteiger partial charge in [-0.15, -0.1) is 0 Å². The first kappa shape index (κ1) is 19.5. The Kier molecular flexibility index (Phi) is 6.26. The molecule has 138 valence electrons. The van der Waals surface area contributed by atoms with E-state index in [0.717, 1.165) is 20.3 Å². The highest BCUT2D eigenvalue weighted by Crippen LogP contribution is 2.22. The van der Waals surface area contributed by atoms with Gasteiger partial charge in [0.1, 0.15) is 6.54 Å². The van der Waals surface area contributed by atoms with E-state index in [-0.39, 0.29) is 6.54 Å². The molecular weight excluding hydrogens is 452 g/mol. The number of aromatic nitrogens is 1. The minimum absolute atomic E-state index is 0.0293. The van der Waals surface area contributed by atoms with Gasteiger partial charge in [-0.2, -0.15) is 4.99 Å². The maximum Gasteiger partial charge on any atom is 0.325 e. The average molecular weight is 466 g/mol. The standard InChI is InChI=1S/C19H14BrClN2O3S/c1-26-18(25)11-23-15-8-7-13(20)10-16(15)27-19(23)22-17(24)9-6-12-4-2-3-5-14(12)21/h2-10H,11H2,1H3. The van der Waals surface area contributed by atoms with Crippen molar-refractivity contribution in [2.75, 3.05) is 7.11 Å². The number of amides is 1. The summed E-state index contributed by atoms with van der Waals surface area (Å²) in [6, 6.07) is 12.8. The molecule has 8 heteroatoms. The lowest BCUT2D eigenvalue weighted by Crippen LogP contribution is -2.22. The fourth-order valence-electron chi connectivity index (χ4n) is 2.38. The average Bonchev–Trinajstić information content (AvgIpc) is 2.97. The van der Waals surface area contributed by atoms with E-state index in [1.807, 2.05) is 30.3 Å². The second-order valence-electron chi connectivity index (χ2n) is 5.46. The van der Waals surface area contributed by atoms with Crippen molar-refractivity contribution in [1.82, 2.24) is 4.57 Å². The van der Waals surface area contributed by atoms with Crippen LogP contribution in [0.5, 0.6) is 0 Å². The topological polar surface area (TPSA) is 60.7 Å². The maximum absolute atomic E-state index is 12.3. The van der Waals surface area contributed by atoms with Gasteiger partial charge in [0.15, 0.2) is 4.80 Å². The molecule has 0 aliphatic carbocycles. The van der Waals surface area contributed by atoms with E-state index in [4.69, 9.17) is 16.3 Å². The number of carbonyl (C=O) groups is 2. The monoisotopic (exact) mass is 464 g/mol. The fourth-order valence-corrected chi connectivity index (χ4v) is 4.17. The number of hydrogen-bond acceptors (Lipinski definition) is 4. The molecule has 27 heavy (non-hydrogen) atoms.